The van der Waals surface area contributed by atoms with E-state index in [9.17, 15) is 9.59 Å². The molecule has 2 aliphatic rings. The molecule has 1 atom stereocenters. The number of carbonyl (C=O) groups excluding carboxylic acids is 2. The van der Waals surface area contributed by atoms with Gasteiger partial charge < -0.3 is 29.9 Å². The van der Waals surface area contributed by atoms with E-state index in [2.05, 4.69) is 32.1 Å². The SMILES string of the molecule is C=CC(=O)Nc1ccc(C(=O)N2CCC(Nc3ncc(Cl)c(OC)n3)C2)cc1N1CCOCC1. The third-order valence-corrected chi connectivity index (χ3v) is 6.01. The van der Waals surface area contributed by atoms with Crippen LogP contribution in [-0.4, -0.2) is 79.2 Å². The fraction of sp³-hybridized carbons (Fsp3) is 0.391. The fourth-order valence-corrected chi connectivity index (χ4v) is 4.18. The van der Waals surface area contributed by atoms with Crippen molar-refractivity contribution in [3.05, 3.63) is 47.6 Å². The van der Waals surface area contributed by atoms with Crippen molar-refractivity contribution in [3.63, 3.8) is 0 Å². The minimum absolute atomic E-state index is 0.000280. The zero-order valence-electron chi connectivity index (χ0n) is 18.9. The van der Waals surface area contributed by atoms with E-state index in [0.29, 0.717) is 67.5 Å². The first-order valence-corrected chi connectivity index (χ1v) is 11.4. The summed E-state index contributed by atoms with van der Waals surface area (Å²) in [4.78, 5) is 37.5. The summed E-state index contributed by atoms with van der Waals surface area (Å²) in [6, 6.07) is 5.33. The molecule has 10 nitrogen and oxygen atoms in total. The molecule has 1 aromatic carbocycles. The number of nitrogens with one attached hydrogen (secondary N) is 2. The zero-order valence-corrected chi connectivity index (χ0v) is 19.7. The fourth-order valence-electron chi connectivity index (χ4n) is 4.01. The van der Waals surface area contributed by atoms with E-state index in [4.69, 9.17) is 21.1 Å². The first kappa shape index (κ1) is 23.8. The lowest BCUT2D eigenvalue weighted by molar-refractivity contribution is -0.111. The molecular weight excluding hydrogens is 460 g/mol. The molecule has 2 aromatic rings. The van der Waals surface area contributed by atoms with E-state index >= 15 is 0 Å². The van der Waals surface area contributed by atoms with E-state index in [0.717, 1.165) is 12.1 Å². The third-order valence-electron chi connectivity index (χ3n) is 5.75. The summed E-state index contributed by atoms with van der Waals surface area (Å²) < 4.78 is 10.6. The second-order valence-corrected chi connectivity index (χ2v) is 8.36. The highest BCUT2D eigenvalue weighted by molar-refractivity contribution is 6.31. The normalized spacial score (nSPS) is 17.9. The Morgan fingerprint density at radius 1 is 1.29 bits per heavy atom. The van der Waals surface area contributed by atoms with Gasteiger partial charge in [-0.3, -0.25) is 9.59 Å². The highest BCUT2D eigenvalue weighted by Crippen LogP contribution is 2.30. The topological polar surface area (TPSA) is 109 Å². The summed E-state index contributed by atoms with van der Waals surface area (Å²) in [5.74, 6) is 0.319. The van der Waals surface area contributed by atoms with Gasteiger partial charge in [-0.2, -0.15) is 4.98 Å². The van der Waals surface area contributed by atoms with Crippen molar-refractivity contribution in [3.8, 4) is 5.88 Å². The van der Waals surface area contributed by atoms with Gasteiger partial charge in [-0.1, -0.05) is 18.2 Å². The molecule has 0 aliphatic carbocycles. The van der Waals surface area contributed by atoms with Crippen molar-refractivity contribution >= 4 is 40.7 Å². The van der Waals surface area contributed by atoms with Crippen LogP contribution in [0.15, 0.2) is 37.1 Å². The second kappa shape index (κ2) is 10.7. The molecule has 1 aromatic heterocycles. The smallest absolute Gasteiger partial charge is 0.254 e. The Kier molecular flexibility index (Phi) is 7.49. The minimum atomic E-state index is -0.303. The number of rotatable bonds is 7. The third kappa shape index (κ3) is 5.40. The predicted octanol–water partition coefficient (Wildman–Crippen LogP) is 2.43. The summed E-state index contributed by atoms with van der Waals surface area (Å²) >= 11 is 5.99. The predicted molar refractivity (Wildman–Crippen MR) is 130 cm³/mol. The van der Waals surface area contributed by atoms with Gasteiger partial charge in [0.1, 0.15) is 5.02 Å². The molecule has 0 bridgehead atoms. The molecule has 0 saturated carbocycles. The molecule has 2 N–H and O–H groups in total. The molecule has 34 heavy (non-hydrogen) atoms. The molecule has 3 heterocycles. The number of amides is 2. The lowest BCUT2D eigenvalue weighted by Gasteiger charge is -2.31. The van der Waals surface area contributed by atoms with Gasteiger partial charge in [0.15, 0.2) is 0 Å². The average molecular weight is 487 g/mol. The summed E-state index contributed by atoms with van der Waals surface area (Å²) in [5.41, 5.74) is 1.99. The maximum absolute atomic E-state index is 13.3. The summed E-state index contributed by atoms with van der Waals surface area (Å²) in [7, 11) is 1.49. The van der Waals surface area contributed by atoms with Crippen LogP contribution in [0.5, 0.6) is 5.88 Å². The largest absolute Gasteiger partial charge is 0.480 e. The second-order valence-electron chi connectivity index (χ2n) is 7.96. The quantitative estimate of drug-likeness (QED) is 0.574. The number of ether oxygens (including phenoxy) is 2. The summed E-state index contributed by atoms with van der Waals surface area (Å²) in [5, 5.41) is 6.41. The number of aromatic nitrogens is 2. The van der Waals surface area contributed by atoms with Crippen molar-refractivity contribution < 1.29 is 19.1 Å². The van der Waals surface area contributed by atoms with Crippen LogP contribution < -0.4 is 20.3 Å². The molecule has 0 spiro atoms. The molecule has 2 amide bonds. The van der Waals surface area contributed by atoms with E-state index in [1.165, 1.54) is 19.4 Å². The van der Waals surface area contributed by atoms with Crippen molar-refractivity contribution in [2.45, 2.75) is 12.5 Å². The average Bonchev–Trinajstić information content (AvgIpc) is 3.33. The Bertz CT molecular complexity index is 1080. The molecule has 180 valence electrons. The number of anilines is 3. The van der Waals surface area contributed by atoms with Crippen molar-refractivity contribution in [2.24, 2.45) is 0 Å². The van der Waals surface area contributed by atoms with E-state index in [1.54, 1.807) is 17.0 Å². The van der Waals surface area contributed by atoms with E-state index in [1.807, 2.05) is 6.07 Å². The number of morpholine rings is 1. The number of likely N-dealkylation sites (tertiary alicyclic amines) is 1. The molecular formula is C23H27ClN6O4. The Balaban J connectivity index is 1.47. The van der Waals surface area contributed by atoms with Crippen LogP contribution in [-0.2, 0) is 9.53 Å². The lowest BCUT2D eigenvalue weighted by atomic mass is 10.1. The Morgan fingerprint density at radius 3 is 2.82 bits per heavy atom. The van der Waals surface area contributed by atoms with Crippen LogP contribution >= 0.6 is 11.6 Å². The van der Waals surface area contributed by atoms with Gasteiger partial charge in [0.05, 0.1) is 37.9 Å². The van der Waals surface area contributed by atoms with E-state index < -0.39 is 0 Å². The number of halogens is 1. The molecule has 2 fully saturated rings. The van der Waals surface area contributed by atoms with Gasteiger partial charge in [-0.25, -0.2) is 4.98 Å². The molecule has 11 heteroatoms. The van der Waals surface area contributed by atoms with Crippen molar-refractivity contribution in [1.29, 1.82) is 0 Å². The van der Waals surface area contributed by atoms with E-state index in [-0.39, 0.29) is 17.9 Å². The Labute approximate surface area is 202 Å². The maximum Gasteiger partial charge on any atom is 0.254 e. The highest BCUT2D eigenvalue weighted by Gasteiger charge is 2.28. The Morgan fingerprint density at radius 2 is 2.09 bits per heavy atom. The number of methoxy groups -OCH3 is 1. The van der Waals surface area contributed by atoms with Gasteiger partial charge in [0.2, 0.25) is 17.7 Å². The minimum Gasteiger partial charge on any atom is -0.480 e. The van der Waals surface area contributed by atoms with Gasteiger partial charge in [-0.05, 0) is 30.7 Å². The maximum atomic E-state index is 13.3. The molecule has 1 unspecified atom stereocenters. The zero-order chi connectivity index (χ0) is 24.1. The monoisotopic (exact) mass is 486 g/mol. The summed E-state index contributed by atoms with van der Waals surface area (Å²) in [6.45, 7) is 7.15. The first-order valence-electron chi connectivity index (χ1n) is 11.0. The van der Waals surface area contributed by atoms with Crippen LogP contribution in [0.4, 0.5) is 17.3 Å². The van der Waals surface area contributed by atoms with Crippen LogP contribution in [0, 0.1) is 0 Å². The number of carbonyl (C=O) groups is 2. The van der Waals surface area contributed by atoms with Crippen LogP contribution in [0.25, 0.3) is 0 Å². The summed E-state index contributed by atoms with van der Waals surface area (Å²) in [6.07, 6.45) is 3.46. The van der Waals surface area contributed by atoms with Crippen LogP contribution in [0.3, 0.4) is 0 Å². The first-order chi connectivity index (χ1) is 16.5. The van der Waals surface area contributed by atoms with Crippen LogP contribution in [0.1, 0.15) is 16.8 Å². The van der Waals surface area contributed by atoms with Crippen molar-refractivity contribution in [2.75, 3.05) is 62.0 Å². The molecule has 0 radical (unpaired) electrons. The van der Waals surface area contributed by atoms with Crippen LogP contribution in [0.2, 0.25) is 5.02 Å². The number of hydrogen-bond acceptors (Lipinski definition) is 8. The van der Waals surface area contributed by atoms with Gasteiger partial charge >= 0.3 is 0 Å². The number of hydrogen-bond donors (Lipinski definition) is 2. The van der Waals surface area contributed by atoms with Gasteiger partial charge in [-0.15, -0.1) is 0 Å². The van der Waals surface area contributed by atoms with Crippen molar-refractivity contribution in [1.82, 2.24) is 14.9 Å². The van der Waals surface area contributed by atoms with Gasteiger partial charge in [0, 0.05) is 37.8 Å². The van der Waals surface area contributed by atoms with Gasteiger partial charge in [0.25, 0.3) is 5.91 Å². The number of nitrogens with zero attached hydrogens (tertiary/aromatic N) is 4. The molecule has 2 saturated heterocycles. The lowest BCUT2D eigenvalue weighted by Crippen LogP contribution is -2.37. The highest BCUT2D eigenvalue weighted by atomic mass is 35.5. The molecule has 4 rings (SSSR count). The molecule has 2 aliphatic heterocycles. The standard InChI is InChI=1S/C23H27ClN6O4/c1-3-20(31)27-18-5-4-15(12-19(18)29-8-10-34-11-9-29)22(32)30-7-6-16(14-30)26-23-25-13-17(24)21(28-23)33-2/h3-5,12-13,16H,1,6-11,14H2,2H3,(H,27,31)(H,25,26,28). The number of benzene rings is 1. The Hall–Kier alpha value is -3.37.